The normalized spacial score (nSPS) is 10.9. The highest BCUT2D eigenvalue weighted by molar-refractivity contribution is 5.39. The Morgan fingerprint density at radius 1 is 1.27 bits per heavy atom. The Morgan fingerprint density at radius 3 is 2.67 bits per heavy atom. The topological polar surface area (TPSA) is 56.7 Å². The summed E-state index contributed by atoms with van der Waals surface area (Å²) >= 11 is 0. The Balaban J connectivity index is 2.45. The fourth-order valence-corrected chi connectivity index (χ4v) is 1.46. The molecule has 0 bridgehead atoms. The second-order valence-corrected chi connectivity index (χ2v) is 3.77. The van der Waals surface area contributed by atoms with Gasteiger partial charge in [0.05, 0.1) is 11.9 Å². The Morgan fingerprint density at radius 2 is 2.07 bits per heavy atom. The van der Waals surface area contributed by atoms with Gasteiger partial charge in [-0.05, 0) is 24.1 Å². The van der Waals surface area contributed by atoms with Gasteiger partial charge < -0.3 is 5.73 Å². The third-order valence-corrected chi connectivity index (χ3v) is 2.25. The SMILES string of the molecule is CC(C)c1ccnn1-c1ccc(N)cn1. The maximum absolute atomic E-state index is 5.59. The lowest BCUT2D eigenvalue weighted by atomic mass is 10.1. The minimum absolute atomic E-state index is 0.423. The van der Waals surface area contributed by atoms with Crippen molar-refractivity contribution in [3.63, 3.8) is 0 Å². The van der Waals surface area contributed by atoms with E-state index < -0.39 is 0 Å². The van der Waals surface area contributed by atoms with Crippen LogP contribution in [0.15, 0.2) is 30.6 Å². The van der Waals surface area contributed by atoms with Crippen LogP contribution in [0, 0.1) is 0 Å². The largest absolute Gasteiger partial charge is 0.397 e. The van der Waals surface area contributed by atoms with Crippen molar-refractivity contribution in [2.24, 2.45) is 0 Å². The average molecular weight is 202 g/mol. The van der Waals surface area contributed by atoms with Gasteiger partial charge in [-0.2, -0.15) is 5.10 Å². The number of hydrogen-bond donors (Lipinski definition) is 1. The van der Waals surface area contributed by atoms with Crippen molar-refractivity contribution in [2.75, 3.05) is 5.73 Å². The fourth-order valence-electron chi connectivity index (χ4n) is 1.46. The van der Waals surface area contributed by atoms with Crippen LogP contribution in [0.2, 0.25) is 0 Å². The molecule has 0 fully saturated rings. The molecule has 0 aliphatic heterocycles. The van der Waals surface area contributed by atoms with Gasteiger partial charge >= 0.3 is 0 Å². The average Bonchev–Trinajstić information content (AvgIpc) is 2.67. The summed E-state index contributed by atoms with van der Waals surface area (Å²) < 4.78 is 1.84. The fraction of sp³-hybridized carbons (Fsp3) is 0.273. The number of aromatic nitrogens is 3. The smallest absolute Gasteiger partial charge is 0.153 e. The summed E-state index contributed by atoms with van der Waals surface area (Å²) in [5.41, 5.74) is 7.40. The van der Waals surface area contributed by atoms with Crippen molar-refractivity contribution in [1.82, 2.24) is 14.8 Å². The predicted octanol–water partition coefficient (Wildman–Crippen LogP) is 1.97. The Kier molecular flexibility index (Phi) is 2.41. The summed E-state index contributed by atoms with van der Waals surface area (Å²) in [6.07, 6.45) is 3.43. The zero-order chi connectivity index (χ0) is 10.8. The molecule has 2 N–H and O–H groups in total. The summed E-state index contributed by atoms with van der Waals surface area (Å²) in [5.74, 6) is 1.23. The molecule has 0 atom stereocenters. The molecule has 15 heavy (non-hydrogen) atoms. The Hall–Kier alpha value is -1.84. The number of hydrogen-bond acceptors (Lipinski definition) is 3. The van der Waals surface area contributed by atoms with Gasteiger partial charge in [-0.15, -0.1) is 0 Å². The van der Waals surface area contributed by atoms with Crippen molar-refractivity contribution in [2.45, 2.75) is 19.8 Å². The highest BCUT2D eigenvalue weighted by Crippen LogP contribution is 2.17. The minimum atomic E-state index is 0.423. The molecule has 0 aliphatic rings. The molecular weight excluding hydrogens is 188 g/mol. The summed E-state index contributed by atoms with van der Waals surface area (Å²) in [7, 11) is 0. The van der Waals surface area contributed by atoms with Gasteiger partial charge in [-0.1, -0.05) is 13.8 Å². The van der Waals surface area contributed by atoms with Crippen LogP contribution in [-0.4, -0.2) is 14.8 Å². The summed E-state index contributed by atoms with van der Waals surface area (Å²) in [6, 6.07) is 5.70. The molecule has 4 heteroatoms. The molecule has 0 radical (unpaired) electrons. The summed E-state index contributed by atoms with van der Waals surface area (Å²) in [6.45, 7) is 4.26. The third kappa shape index (κ3) is 1.83. The van der Waals surface area contributed by atoms with Crippen LogP contribution in [0.3, 0.4) is 0 Å². The molecule has 2 aromatic rings. The number of rotatable bonds is 2. The minimum Gasteiger partial charge on any atom is -0.397 e. The lowest BCUT2D eigenvalue weighted by molar-refractivity contribution is 0.721. The van der Waals surface area contributed by atoms with E-state index in [1.807, 2.05) is 22.9 Å². The summed E-state index contributed by atoms with van der Waals surface area (Å²) in [5, 5.41) is 4.25. The van der Waals surface area contributed by atoms with Crippen molar-refractivity contribution >= 4 is 5.69 Å². The first-order valence-corrected chi connectivity index (χ1v) is 4.94. The van der Waals surface area contributed by atoms with Crippen LogP contribution in [0.1, 0.15) is 25.5 Å². The molecule has 2 rings (SSSR count). The first-order valence-electron chi connectivity index (χ1n) is 4.94. The van der Waals surface area contributed by atoms with E-state index in [4.69, 9.17) is 5.73 Å². The van der Waals surface area contributed by atoms with Crippen LogP contribution < -0.4 is 5.73 Å². The Bertz CT molecular complexity index is 442. The van der Waals surface area contributed by atoms with Crippen LogP contribution >= 0.6 is 0 Å². The van der Waals surface area contributed by atoms with Crippen LogP contribution in [0.25, 0.3) is 5.82 Å². The van der Waals surface area contributed by atoms with E-state index in [2.05, 4.69) is 23.9 Å². The lowest BCUT2D eigenvalue weighted by Gasteiger charge is -2.08. The first kappa shape index (κ1) is 9.71. The number of nitrogen functional groups attached to an aromatic ring is 1. The lowest BCUT2D eigenvalue weighted by Crippen LogP contribution is -2.05. The van der Waals surface area contributed by atoms with Gasteiger partial charge in [0.25, 0.3) is 0 Å². The number of anilines is 1. The predicted molar refractivity (Wildman–Crippen MR) is 59.9 cm³/mol. The van der Waals surface area contributed by atoms with Crippen molar-refractivity contribution in [3.05, 3.63) is 36.3 Å². The van der Waals surface area contributed by atoms with Gasteiger partial charge in [-0.3, -0.25) is 0 Å². The molecular formula is C11H14N4. The molecule has 0 unspecified atom stereocenters. The van der Waals surface area contributed by atoms with E-state index in [1.165, 1.54) is 0 Å². The van der Waals surface area contributed by atoms with Crippen molar-refractivity contribution in [1.29, 1.82) is 0 Å². The van der Waals surface area contributed by atoms with E-state index in [-0.39, 0.29) is 0 Å². The monoisotopic (exact) mass is 202 g/mol. The maximum Gasteiger partial charge on any atom is 0.153 e. The molecule has 78 valence electrons. The van der Waals surface area contributed by atoms with Gasteiger partial charge in [0.2, 0.25) is 0 Å². The quantitative estimate of drug-likeness (QED) is 0.810. The number of pyridine rings is 1. The molecule has 2 heterocycles. The van der Waals surface area contributed by atoms with Gasteiger partial charge in [0.15, 0.2) is 5.82 Å². The van der Waals surface area contributed by atoms with E-state index >= 15 is 0 Å². The number of nitrogens with zero attached hydrogens (tertiary/aromatic N) is 3. The molecule has 0 saturated heterocycles. The van der Waals surface area contributed by atoms with Crippen molar-refractivity contribution in [3.8, 4) is 5.82 Å². The van der Waals surface area contributed by atoms with Gasteiger partial charge in [-0.25, -0.2) is 9.67 Å². The van der Waals surface area contributed by atoms with E-state index in [9.17, 15) is 0 Å². The molecule has 4 nitrogen and oxygen atoms in total. The van der Waals surface area contributed by atoms with E-state index in [1.54, 1.807) is 12.4 Å². The molecule has 0 amide bonds. The summed E-state index contributed by atoms with van der Waals surface area (Å²) in [4.78, 5) is 4.24. The second kappa shape index (κ2) is 3.73. The molecule has 0 spiro atoms. The first-order chi connectivity index (χ1) is 7.18. The highest BCUT2D eigenvalue weighted by Gasteiger charge is 2.08. The zero-order valence-electron chi connectivity index (χ0n) is 8.88. The zero-order valence-corrected chi connectivity index (χ0v) is 8.88. The third-order valence-electron chi connectivity index (χ3n) is 2.25. The standard InChI is InChI=1S/C11H14N4/c1-8(2)10-5-6-14-15(10)11-4-3-9(12)7-13-11/h3-8H,12H2,1-2H3. The molecule has 0 aromatic carbocycles. The number of nitrogens with two attached hydrogens (primary N) is 1. The second-order valence-electron chi connectivity index (χ2n) is 3.77. The van der Waals surface area contributed by atoms with Crippen molar-refractivity contribution < 1.29 is 0 Å². The molecule has 0 saturated carbocycles. The van der Waals surface area contributed by atoms with Crippen LogP contribution in [0.5, 0.6) is 0 Å². The van der Waals surface area contributed by atoms with E-state index in [0.717, 1.165) is 11.5 Å². The maximum atomic E-state index is 5.59. The molecule has 2 aromatic heterocycles. The van der Waals surface area contributed by atoms with E-state index in [0.29, 0.717) is 11.6 Å². The van der Waals surface area contributed by atoms with Crippen LogP contribution in [-0.2, 0) is 0 Å². The Labute approximate surface area is 88.8 Å². The van der Waals surface area contributed by atoms with Gasteiger partial charge in [0.1, 0.15) is 0 Å². The highest BCUT2D eigenvalue weighted by atomic mass is 15.3. The van der Waals surface area contributed by atoms with Gasteiger partial charge in [0, 0.05) is 11.9 Å². The van der Waals surface area contributed by atoms with Crippen LogP contribution in [0.4, 0.5) is 5.69 Å². The molecule has 0 aliphatic carbocycles.